The van der Waals surface area contributed by atoms with Crippen molar-refractivity contribution in [1.82, 2.24) is 0 Å². The van der Waals surface area contributed by atoms with E-state index in [1.165, 1.54) is 0 Å². The number of amides is 2. The van der Waals surface area contributed by atoms with Crippen molar-refractivity contribution in [2.24, 2.45) is 0 Å². The van der Waals surface area contributed by atoms with E-state index < -0.39 is 32.7 Å². The number of hydrogen-bond donors (Lipinski definition) is 2. The van der Waals surface area contributed by atoms with Crippen LogP contribution in [0.4, 0.5) is 11.4 Å². The Morgan fingerprint density at radius 2 is 1.54 bits per heavy atom. The van der Waals surface area contributed by atoms with Crippen LogP contribution in [0.1, 0.15) is 38.7 Å². The number of anilines is 2. The van der Waals surface area contributed by atoms with Crippen molar-refractivity contribution >= 4 is 33.0 Å². The van der Waals surface area contributed by atoms with E-state index in [9.17, 15) is 18.0 Å². The third-order valence-electron chi connectivity index (χ3n) is 4.33. The second-order valence-corrected chi connectivity index (χ2v) is 9.03. The quantitative estimate of drug-likeness (QED) is 0.706. The predicted octanol–water partition coefficient (Wildman–Crippen LogP) is 3.58. The topological polar surface area (TPSA) is 92.3 Å². The van der Waals surface area contributed by atoms with Crippen LogP contribution in [-0.2, 0) is 19.4 Å². The maximum Gasteiger partial charge on any atom is 0.242 e. The molecule has 0 fully saturated rings. The summed E-state index contributed by atoms with van der Waals surface area (Å²) in [5.41, 5.74) is 2.01. The van der Waals surface area contributed by atoms with Crippen LogP contribution in [-0.4, -0.2) is 31.2 Å². The fourth-order valence-corrected chi connectivity index (χ4v) is 4.46. The number of benzene rings is 2. The molecule has 2 rings (SSSR count). The highest BCUT2D eigenvalue weighted by molar-refractivity contribution is 7.93. The first-order chi connectivity index (χ1) is 13.2. The summed E-state index contributed by atoms with van der Waals surface area (Å²) in [7, 11) is -3.97. The zero-order valence-electron chi connectivity index (χ0n) is 16.3. The number of carbonyl (C=O) groups excluding carboxylic acids is 2. The van der Waals surface area contributed by atoms with Gasteiger partial charge in [0.15, 0.2) is 9.84 Å². The standard InChI is InChI=1S/C21H26N2O4S/c1-4-19(21(25)23-18-13-9-8-12-17(18)15(2)3)28(26,27)14-20(24)22-16-10-6-5-7-11-16/h5-13,15,19H,4,14H2,1-3H3,(H,22,24)(H,23,25). The van der Waals surface area contributed by atoms with Crippen molar-refractivity contribution in [2.45, 2.75) is 38.4 Å². The highest BCUT2D eigenvalue weighted by Crippen LogP contribution is 2.24. The molecule has 2 N–H and O–H groups in total. The highest BCUT2D eigenvalue weighted by atomic mass is 32.2. The number of rotatable bonds is 8. The Labute approximate surface area is 166 Å². The molecule has 0 spiro atoms. The first-order valence-electron chi connectivity index (χ1n) is 9.20. The lowest BCUT2D eigenvalue weighted by Crippen LogP contribution is -2.39. The summed E-state index contributed by atoms with van der Waals surface area (Å²) >= 11 is 0. The molecule has 1 atom stereocenters. The number of hydrogen-bond acceptors (Lipinski definition) is 4. The Bertz CT molecular complexity index is 924. The van der Waals surface area contributed by atoms with Crippen LogP contribution in [0.3, 0.4) is 0 Å². The number of carbonyl (C=O) groups is 2. The molecule has 0 bridgehead atoms. The lowest BCUT2D eigenvalue weighted by molar-refractivity contribution is -0.115. The van der Waals surface area contributed by atoms with Crippen LogP contribution in [0.15, 0.2) is 54.6 Å². The molecule has 0 heterocycles. The molecule has 0 radical (unpaired) electrons. The number of nitrogens with one attached hydrogen (secondary N) is 2. The van der Waals surface area contributed by atoms with E-state index in [-0.39, 0.29) is 12.3 Å². The van der Waals surface area contributed by atoms with Gasteiger partial charge in [-0.15, -0.1) is 0 Å². The Balaban J connectivity index is 2.12. The average Bonchev–Trinajstić information content (AvgIpc) is 2.62. The lowest BCUT2D eigenvalue weighted by Gasteiger charge is -2.18. The Kier molecular flexibility index (Phi) is 7.34. The molecule has 6 nitrogen and oxygen atoms in total. The Morgan fingerprint density at radius 1 is 0.929 bits per heavy atom. The van der Waals surface area contributed by atoms with Gasteiger partial charge in [-0.3, -0.25) is 9.59 Å². The summed E-state index contributed by atoms with van der Waals surface area (Å²) in [6, 6.07) is 15.9. The molecule has 2 aromatic rings. The molecule has 150 valence electrons. The third kappa shape index (κ3) is 5.66. The van der Waals surface area contributed by atoms with E-state index in [1.54, 1.807) is 49.4 Å². The molecular formula is C21H26N2O4S. The number of sulfone groups is 1. The van der Waals surface area contributed by atoms with Gasteiger partial charge in [0.05, 0.1) is 0 Å². The second kappa shape index (κ2) is 9.50. The monoisotopic (exact) mass is 402 g/mol. The van der Waals surface area contributed by atoms with Gasteiger partial charge in [0.2, 0.25) is 11.8 Å². The van der Waals surface area contributed by atoms with Crippen LogP contribution >= 0.6 is 0 Å². The van der Waals surface area contributed by atoms with Crippen LogP contribution in [0.5, 0.6) is 0 Å². The smallest absolute Gasteiger partial charge is 0.242 e. The first kappa shape index (κ1) is 21.6. The van der Waals surface area contributed by atoms with Gasteiger partial charge in [-0.25, -0.2) is 8.42 Å². The third-order valence-corrected chi connectivity index (χ3v) is 6.41. The van der Waals surface area contributed by atoms with E-state index >= 15 is 0 Å². The zero-order chi connectivity index (χ0) is 20.7. The molecule has 7 heteroatoms. The summed E-state index contributed by atoms with van der Waals surface area (Å²) in [6.07, 6.45) is 0.0800. The molecule has 0 aliphatic carbocycles. The number of para-hydroxylation sites is 2. The van der Waals surface area contributed by atoms with Crippen LogP contribution in [0.25, 0.3) is 0 Å². The first-order valence-corrected chi connectivity index (χ1v) is 10.9. The van der Waals surface area contributed by atoms with Gasteiger partial charge in [-0.2, -0.15) is 0 Å². The van der Waals surface area contributed by atoms with Crippen LogP contribution < -0.4 is 10.6 Å². The fourth-order valence-electron chi connectivity index (χ4n) is 2.93. The minimum atomic E-state index is -3.97. The largest absolute Gasteiger partial charge is 0.325 e. The summed E-state index contributed by atoms with van der Waals surface area (Å²) in [5, 5.41) is 3.96. The molecule has 0 saturated heterocycles. The maximum atomic E-state index is 12.7. The van der Waals surface area contributed by atoms with Crippen molar-refractivity contribution in [3.05, 3.63) is 60.2 Å². The van der Waals surface area contributed by atoms with E-state index in [0.29, 0.717) is 11.4 Å². The van der Waals surface area contributed by atoms with Gasteiger partial charge >= 0.3 is 0 Å². The van der Waals surface area contributed by atoms with Crippen molar-refractivity contribution in [3.63, 3.8) is 0 Å². The summed E-state index contributed by atoms with van der Waals surface area (Å²) < 4.78 is 25.4. The van der Waals surface area contributed by atoms with Crippen LogP contribution in [0.2, 0.25) is 0 Å². The van der Waals surface area contributed by atoms with Crippen molar-refractivity contribution in [3.8, 4) is 0 Å². The zero-order valence-corrected chi connectivity index (χ0v) is 17.1. The SMILES string of the molecule is CCC(C(=O)Nc1ccccc1C(C)C)S(=O)(=O)CC(=O)Nc1ccccc1. The van der Waals surface area contributed by atoms with Gasteiger partial charge in [0, 0.05) is 11.4 Å². The molecule has 0 saturated carbocycles. The van der Waals surface area contributed by atoms with Gasteiger partial charge in [0.1, 0.15) is 11.0 Å². The van der Waals surface area contributed by atoms with E-state index in [4.69, 9.17) is 0 Å². The molecule has 0 aliphatic heterocycles. The molecule has 1 unspecified atom stereocenters. The maximum absolute atomic E-state index is 12.7. The van der Waals surface area contributed by atoms with E-state index in [1.807, 2.05) is 26.0 Å². The van der Waals surface area contributed by atoms with Gasteiger partial charge < -0.3 is 10.6 Å². The highest BCUT2D eigenvalue weighted by Gasteiger charge is 2.33. The minimum Gasteiger partial charge on any atom is -0.325 e. The van der Waals surface area contributed by atoms with E-state index in [0.717, 1.165) is 5.56 Å². The molecular weight excluding hydrogens is 376 g/mol. The molecule has 0 aromatic heterocycles. The predicted molar refractivity (Wildman–Crippen MR) is 112 cm³/mol. The summed E-state index contributed by atoms with van der Waals surface area (Å²) in [4.78, 5) is 24.8. The van der Waals surface area contributed by atoms with Gasteiger partial charge in [-0.1, -0.05) is 57.2 Å². The fraction of sp³-hybridized carbons (Fsp3) is 0.333. The van der Waals surface area contributed by atoms with Crippen molar-refractivity contribution in [2.75, 3.05) is 16.4 Å². The lowest BCUT2D eigenvalue weighted by atomic mass is 10.0. The summed E-state index contributed by atoms with van der Waals surface area (Å²) in [6.45, 7) is 5.60. The second-order valence-electron chi connectivity index (χ2n) is 6.85. The normalized spacial score (nSPS) is 12.4. The Morgan fingerprint density at radius 3 is 2.14 bits per heavy atom. The molecule has 2 aromatic carbocycles. The molecule has 28 heavy (non-hydrogen) atoms. The molecule has 0 aliphatic rings. The van der Waals surface area contributed by atoms with E-state index in [2.05, 4.69) is 10.6 Å². The Hall–Kier alpha value is -2.67. The van der Waals surface area contributed by atoms with Crippen LogP contribution in [0, 0.1) is 0 Å². The van der Waals surface area contributed by atoms with Gasteiger partial charge in [0.25, 0.3) is 0 Å². The minimum absolute atomic E-state index is 0.0800. The molecule has 2 amide bonds. The average molecular weight is 403 g/mol. The van der Waals surface area contributed by atoms with Crippen molar-refractivity contribution in [1.29, 1.82) is 0 Å². The summed E-state index contributed by atoms with van der Waals surface area (Å²) in [5.74, 6) is -1.87. The van der Waals surface area contributed by atoms with Crippen molar-refractivity contribution < 1.29 is 18.0 Å². The van der Waals surface area contributed by atoms with Gasteiger partial charge in [-0.05, 0) is 36.1 Å².